The molecule has 0 aliphatic carbocycles. The Morgan fingerprint density at radius 2 is 1.68 bits per heavy atom. The van der Waals surface area contributed by atoms with E-state index in [-0.39, 0.29) is 32.8 Å². The van der Waals surface area contributed by atoms with Crippen molar-refractivity contribution in [2.45, 2.75) is 11.3 Å². The van der Waals surface area contributed by atoms with Gasteiger partial charge in [-0.25, -0.2) is 8.42 Å². The third-order valence-electron chi connectivity index (χ3n) is 5.30. The lowest BCUT2D eigenvalue weighted by Gasteiger charge is -2.25. The Kier molecular flexibility index (Phi) is 9.90. The molecule has 2 N–H and O–H groups in total. The Balaban J connectivity index is 1.88. The fourth-order valence-electron chi connectivity index (χ4n) is 3.47. The number of hydrogen-bond acceptors (Lipinski definition) is 6. The molecule has 0 aliphatic rings. The summed E-state index contributed by atoms with van der Waals surface area (Å²) in [5.74, 6) is -0.661. The Labute approximate surface area is 221 Å². The second-order valence-corrected chi connectivity index (χ2v) is 10.1. The first-order valence-electron chi connectivity index (χ1n) is 11.3. The van der Waals surface area contributed by atoms with Crippen molar-refractivity contribution in [1.29, 1.82) is 0 Å². The van der Waals surface area contributed by atoms with Crippen LogP contribution in [0.1, 0.15) is 16.8 Å². The lowest BCUT2D eigenvalue weighted by Crippen LogP contribution is -2.38. The predicted octanol–water partition coefficient (Wildman–Crippen LogP) is 3.95. The molecule has 0 unspecified atom stereocenters. The van der Waals surface area contributed by atoms with Crippen LogP contribution in [0.2, 0.25) is 5.02 Å². The van der Waals surface area contributed by atoms with Crippen LogP contribution in [0.3, 0.4) is 0 Å². The molecule has 0 saturated heterocycles. The Hall–Kier alpha value is -3.60. The zero-order valence-electron chi connectivity index (χ0n) is 20.4. The lowest BCUT2D eigenvalue weighted by molar-refractivity contribution is -0.114. The van der Waals surface area contributed by atoms with Crippen LogP contribution in [-0.2, 0) is 19.6 Å². The quantitative estimate of drug-likeness (QED) is 0.333. The molecule has 0 aromatic heterocycles. The van der Waals surface area contributed by atoms with Crippen LogP contribution in [-0.4, -0.2) is 54.1 Å². The van der Waals surface area contributed by atoms with Gasteiger partial charge in [-0.1, -0.05) is 41.9 Å². The van der Waals surface area contributed by atoms with Crippen LogP contribution in [0.15, 0.2) is 77.7 Å². The van der Waals surface area contributed by atoms with Gasteiger partial charge in [-0.05, 0) is 48.9 Å². The molecule has 0 fully saturated rings. The molecule has 3 aromatic carbocycles. The Morgan fingerprint density at radius 3 is 2.35 bits per heavy atom. The van der Waals surface area contributed by atoms with Gasteiger partial charge < -0.3 is 20.1 Å². The number of para-hydroxylation sites is 1. The highest BCUT2D eigenvalue weighted by molar-refractivity contribution is 7.92. The standard InChI is InChI=1S/C26H28ClN3O6S/c1-35-16-8-15-28-26(32)21-11-6-7-12-23(21)29-25(31)18-30(19-13-14-24(36-2)22(27)17-19)37(33,34)20-9-4-3-5-10-20/h3-7,9-14,17H,8,15-16,18H2,1-2H3,(H,28,32)(H,29,31). The number of anilines is 2. The predicted molar refractivity (Wildman–Crippen MR) is 143 cm³/mol. The van der Waals surface area contributed by atoms with Gasteiger partial charge >= 0.3 is 0 Å². The van der Waals surface area contributed by atoms with Crippen LogP contribution < -0.4 is 19.7 Å². The van der Waals surface area contributed by atoms with Gasteiger partial charge in [0.05, 0.1) is 34.0 Å². The fraction of sp³-hybridized carbons (Fsp3) is 0.231. The zero-order chi connectivity index (χ0) is 26.8. The first kappa shape index (κ1) is 28.0. The van der Waals surface area contributed by atoms with Crippen LogP contribution in [0.5, 0.6) is 5.75 Å². The van der Waals surface area contributed by atoms with Gasteiger partial charge in [0.25, 0.3) is 15.9 Å². The van der Waals surface area contributed by atoms with Crippen molar-refractivity contribution < 1.29 is 27.5 Å². The summed E-state index contributed by atoms with van der Waals surface area (Å²) in [6, 6.07) is 18.7. The van der Waals surface area contributed by atoms with E-state index in [9.17, 15) is 18.0 Å². The number of carbonyl (C=O) groups is 2. The summed E-state index contributed by atoms with van der Waals surface area (Å²) < 4.78 is 38.2. The van der Waals surface area contributed by atoms with Crippen LogP contribution >= 0.6 is 11.6 Å². The van der Waals surface area contributed by atoms with E-state index in [2.05, 4.69) is 10.6 Å². The minimum absolute atomic E-state index is 0.00516. The van der Waals surface area contributed by atoms with Crippen LogP contribution in [0.25, 0.3) is 0 Å². The Morgan fingerprint density at radius 1 is 0.973 bits per heavy atom. The third kappa shape index (κ3) is 7.22. The molecule has 11 heteroatoms. The number of carbonyl (C=O) groups excluding carboxylic acids is 2. The highest BCUT2D eigenvalue weighted by Crippen LogP contribution is 2.32. The minimum atomic E-state index is -4.14. The number of rotatable bonds is 12. The van der Waals surface area contributed by atoms with E-state index in [4.69, 9.17) is 21.1 Å². The molecule has 0 saturated carbocycles. The summed E-state index contributed by atoms with van der Waals surface area (Å²) in [6.07, 6.45) is 0.632. The smallest absolute Gasteiger partial charge is 0.264 e. The largest absolute Gasteiger partial charge is 0.495 e. The maximum absolute atomic E-state index is 13.5. The lowest BCUT2D eigenvalue weighted by atomic mass is 10.1. The second-order valence-electron chi connectivity index (χ2n) is 7.84. The van der Waals surface area contributed by atoms with Crippen molar-refractivity contribution in [3.63, 3.8) is 0 Å². The van der Waals surface area contributed by atoms with Gasteiger partial charge in [0.2, 0.25) is 5.91 Å². The molecular weight excluding hydrogens is 518 g/mol. The van der Waals surface area contributed by atoms with Gasteiger partial charge in [0.15, 0.2) is 0 Å². The van der Waals surface area contributed by atoms with Gasteiger partial charge in [-0.15, -0.1) is 0 Å². The number of amides is 2. The summed E-state index contributed by atoms with van der Waals surface area (Å²) in [5, 5.41) is 5.62. The summed E-state index contributed by atoms with van der Waals surface area (Å²) in [5.41, 5.74) is 0.675. The van der Waals surface area contributed by atoms with Crippen molar-refractivity contribution in [3.8, 4) is 5.75 Å². The molecule has 37 heavy (non-hydrogen) atoms. The van der Waals surface area contributed by atoms with Crippen molar-refractivity contribution in [2.75, 3.05) is 43.5 Å². The van der Waals surface area contributed by atoms with E-state index in [0.717, 1.165) is 4.31 Å². The van der Waals surface area contributed by atoms with E-state index in [1.165, 1.54) is 37.4 Å². The van der Waals surface area contributed by atoms with E-state index in [1.807, 2.05) is 0 Å². The van der Waals surface area contributed by atoms with E-state index in [0.29, 0.717) is 25.3 Å². The molecule has 0 bridgehead atoms. The minimum Gasteiger partial charge on any atom is -0.495 e. The molecule has 0 spiro atoms. The first-order valence-corrected chi connectivity index (χ1v) is 13.2. The van der Waals surface area contributed by atoms with Crippen molar-refractivity contribution in [1.82, 2.24) is 5.32 Å². The molecule has 0 atom stereocenters. The number of sulfonamides is 1. The highest BCUT2D eigenvalue weighted by atomic mass is 35.5. The average molecular weight is 546 g/mol. The molecule has 196 valence electrons. The van der Waals surface area contributed by atoms with Gasteiger partial charge in [-0.2, -0.15) is 0 Å². The molecule has 0 heterocycles. The van der Waals surface area contributed by atoms with Crippen molar-refractivity contribution >= 4 is 44.8 Å². The fourth-order valence-corrected chi connectivity index (χ4v) is 5.15. The highest BCUT2D eigenvalue weighted by Gasteiger charge is 2.28. The van der Waals surface area contributed by atoms with Crippen molar-refractivity contribution in [2.24, 2.45) is 0 Å². The van der Waals surface area contributed by atoms with E-state index < -0.39 is 22.5 Å². The number of hydrogen-bond donors (Lipinski definition) is 2. The topological polar surface area (TPSA) is 114 Å². The average Bonchev–Trinajstić information content (AvgIpc) is 2.90. The molecule has 0 radical (unpaired) electrons. The number of benzene rings is 3. The summed E-state index contributed by atoms with van der Waals surface area (Å²) in [7, 11) is -1.12. The monoisotopic (exact) mass is 545 g/mol. The van der Waals surface area contributed by atoms with Gasteiger partial charge in [-0.3, -0.25) is 13.9 Å². The zero-order valence-corrected chi connectivity index (χ0v) is 22.0. The summed E-state index contributed by atoms with van der Waals surface area (Å²) in [4.78, 5) is 25.8. The molecule has 9 nitrogen and oxygen atoms in total. The third-order valence-corrected chi connectivity index (χ3v) is 7.38. The summed E-state index contributed by atoms with van der Waals surface area (Å²) in [6.45, 7) is 0.333. The SMILES string of the molecule is COCCCNC(=O)c1ccccc1NC(=O)CN(c1ccc(OC)c(Cl)c1)S(=O)(=O)c1ccccc1. The number of nitrogens with one attached hydrogen (secondary N) is 2. The normalized spacial score (nSPS) is 11.0. The second kappa shape index (κ2) is 13.1. The van der Waals surface area contributed by atoms with Gasteiger partial charge in [0.1, 0.15) is 12.3 Å². The van der Waals surface area contributed by atoms with Crippen molar-refractivity contribution in [3.05, 3.63) is 83.4 Å². The number of halogens is 1. The van der Waals surface area contributed by atoms with Crippen LogP contribution in [0, 0.1) is 0 Å². The molecule has 3 rings (SSSR count). The number of ether oxygens (including phenoxy) is 2. The molecule has 0 aliphatic heterocycles. The molecular formula is C26H28ClN3O6S. The van der Waals surface area contributed by atoms with Gasteiger partial charge in [0, 0.05) is 20.3 Å². The van der Waals surface area contributed by atoms with Crippen LogP contribution in [0.4, 0.5) is 11.4 Å². The number of methoxy groups -OCH3 is 2. The van der Waals surface area contributed by atoms with E-state index in [1.54, 1.807) is 49.6 Å². The molecule has 2 amide bonds. The Bertz CT molecular complexity index is 1340. The summed E-state index contributed by atoms with van der Waals surface area (Å²) >= 11 is 6.25. The maximum atomic E-state index is 13.5. The molecule has 3 aromatic rings. The maximum Gasteiger partial charge on any atom is 0.264 e. The number of nitrogens with zero attached hydrogens (tertiary/aromatic N) is 1. The van der Waals surface area contributed by atoms with E-state index >= 15 is 0 Å². The first-order chi connectivity index (χ1) is 17.8.